The van der Waals surface area contributed by atoms with Gasteiger partial charge in [-0.3, -0.25) is 4.79 Å². The van der Waals surface area contributed by atoms with Gasteiger partial charge in [0.1, 0.15) is 17.2 Å². The molecule has 1 amide bonds. The molecule has 2 aromatic rings. The van der Waals surface area contributed by atoms with Crippen LogP contribution >= 0.6 is 0 Å². The molecule has 0 unspecified atom stereocenters. The Kier molecular flexibility index (Phi) is 5.33. The lowest BCUT2D eigenvalue weighted by atomic mass is 9.97. The van der Waals surface area contributed by atoms with Crippen LogP contribution in [0.2, 0.25) is 0 Å². The first-order chi connectivity index (χ1) is 11.7. The average molecular weight is 326 g/mol. The van der Waals surface area contributed by atoms with Crippen molar-refractivity contribution < 1.29 is 14.3 Å². The molecule has 5 heteroatoms. The number of piperidine rings is 1. The molecular formula is C19H22N2O3. The van der Waals surface area contributed by atoms with E-state index in [9.17, 15) is 4.79 Å². The third kappa shape index (κ3) is 4.26. The molecule has 0 saturated carbocycles. The first-order valence-corrected chi connectivity index (χ1v) is 8.18. The van der Waals surface area contributed by atoms with Gasteiger partial charge >= 0.3 is 0 Å². The van der Waals surface area contributed by atoms with Crippen molar-refractivity contribution in [1.82, 2.24) is 5.32 Å². The lowest BCUT2D eigenvalue weighted by Crippen LogP contribution is -2.34. The fourth-order valence-electron chi connectivity index (χ4n) is 2.74. The Labute approximate surface area is 142 Å². The number of carbonyl (C=O) groups excluding carboxylic acids is 1. The van der Waals surface area contributed by atoms with Crippen LogP contribution in [0, 0.1) is 5.92 Å². The number of hydrogen-bond donors (Lipinski definition) is 2. The summed E-state index contributed by atoms with van der Waals surface area (Å²) in [5, 5.41) is 6.25. The number of nitrogens with one attached hydrogen (secondary N) is 2. The predicted molar refractivity (Wildman–Crippen MR) is 93.7 cm³/mol. The maximum Gasteiger partial charge on any atom is 0.227 e. The first-order valence-electron chi connectivity index (χ1n) is 8.18. The molecule has 24 heavy (non-hydrogen) atoms. The van der Waals surface area contributed by atoms with E-state index >= 15 is 0 Å². The van der Waals surface area contributed by atoms with E-state index in [1.54, 1.807) is 7.11 Å². The molecule has 1 saturated heterocycles. The van der Waals surface area contributed by atoms with E-state index in [1.807, 2.05) is 48.5 Å². The summed E-state index contributed by atoms with van der Waals surface area (Å²) in [6, 6.07) is 14.8. The maximum atomic E-state index is 12.2. The highest BCUT2D eigenvalue weighted by molar-refractivity contribution is 5.92. The number of hydrogen-bond acceptors (Lipinski definition) is 4. The summed E-state index contributed by atoms with van der Waals surface area (Å²) in [5.41, 5.74) is 0.788. The molecule has 1 aliphatic rings. The molecule has 1 fully saturated rings. The van der Waals surface area contributed by atoms with E-state index in [0.717, 1.165) is 37.4 Å². The number of methoxy groups -OCH3 is 1. The Morgan fingerprint density at radius 2 is 1.75 bits per heavy atom. The lowest BCUT2D eigenvalue weighted by molar-refractivity contribution is -0.120. The normalized spacial score (nSPS) is 14.9. The number of ether oxygens (including phenoxy) is 2. The van der Waals surface area contributed by atoms with Gasteiger partial charge in [-0.25, -0.2) is 0 Å². The minimum atomic E-state index is 0.0953. The molecule has 1 heterocycles. The summed E-state index contributed by atoms with van der Waals surface area (Å²) in [7, 11) is 1.62. The van der Waals surface area contributed by atoms with Crippen LogP contribution in [0.15, 0.2) is 48.5 Å². The monoisotopic (exact) mass is 326 g/mol. The van der Waals surface area contributed by atoms with Gasteiger partial charge in [-0.15, -0.1) is 0 Å². The Hall–Kier alpha value is -2.53. The van der Waals surface area contributed by atoms with Crippen molar-refractivity contribution in [2.75, 3.05) is 25.5 Å². The Morgan fingerprint density at radius 1 is 1.04 bits per heavy atom. The largest absolute Gasteiger partial charge is 0.497 e. The van der Waals surface area contributed by atoms with E-state index in [0.29, 0.717) is 11.5 Å². The van der Waals surface area contributed by atoms with Gasteiger partial charge in [0.15, 0.2) is 0 Å². The van der Waals surface area contributed by atoms with Crippen molar-refractivity contribution >= 4 is 11.6 Å². The third-order valence-corrected chi connectivity index (χ3v) is 4.11. The van der Waals surface area contributed by atoms with Crippen molar-refractivity contribution in [3.05, 3.63) is 48.5 Å². The minimum Gasteiger partial charge on any atom is -0.497 e. The van der Waals surface area contributed by atoms with E-state index < -0.39 is 0 Å². The average Bonchev–Trinajstić information content (AvgIpc) is 2.64. The van der Waals surface area contributed by atoms with E-state index in [2.05, 4.69) is 10.6 Å². The first kappa shape index (κ1) is 16.3. The van der Waals surface area contributed by atoms with Crippen LogP contribution in [-0.4, -0.2) is 26.1 Å². The minimum absolute atomic E-state index is 0.0953. The van der Waals surface area contributed by atoms with E-state index in [4.69, 9.17) is 9.47 Å². The van der Waals surface area contributed by atoms with E-state index in [1.165, 1.54) is 0 Å². The second kappa shape index (κ2) is 7.84. The highest BCUT2D eigenvalue weighted by Gasteiger charge is 2.20. The third-order valence-electron chi connectivity index (χ3n) is 4.11. The quantitative estimate of drug-likeness (QED) is 0.884. The van der Waals surface area contributed by atoms with Crippen molar-refractivity contribution in [2.45, 2.75) is 12.8 Å². The van der Waals surface area contributed by atoms with Crippen molar-refractivity contribution in [3.63, 3.8) is 0 Å². The van der Waals surface area contributed by atoms with Gasteiger partial charge < -0.3 is 20.1 Å². The van der Waals surface area contributed by atoms with Gasteiger partial charge in [0.05, 0.1) is 7.11 Å². The predicted octanol–water partition coefficient (Wildman–Crippen LogP) is 3.43. The van der Waals surface area contributed by atoms with Gasteiger partial charge in [0.25, 0.3) is 0 Å². The molecule has 126 valence electrons. The molecule has 5 nitrogen and oxygen atoms in total. The zero-order valence-corrected chi connectivity index (χ0v) is 13.7. The summed E-state index contributed by atoms with van der Waals surface area (Å²) in [6.07, 6.45) is 1.78. The summed E-state index contributed by atoms with van der Waals surface area (Å²) in [4.78, 5) is 12.2. The summed E-state index contributed by atoms with van der Waals surface area (Å²) >= 11 is 0. The van der Waals surface area contributed by atoms with Crippen LogP contribution in [0.4, 0.5) is 5.69 Å². The summed E-state index contributed by atoms with van der Waals surface area (Å²) in [5.74, 6) is 2.36. The molecule has 0 spiro atoms. The van der Waals surface area contributed by atoms with Crippen LogP contribution in [0.3, 0.4) is 0 Å². The van der Waals surface area contributed by atoms with Gasteiger partial charge in [0.2, 0.25) is 5.91 Å². The number of anilines is 1. The van der Waals surface area contributed by atoms with Crippen molar-refractivity contribution in [2.24, 2.45) is 5.92 Å². The smallest absolute Gasteiger partial charge is 0.227 e. The number of carbonyl (C=O) groups is 1. The van der Waals surface area contributed by atoms with E-state index in [-0.39, 0.29) is 11.8 Å². The number of rotatable bonds is 5. The van der Waals surface area contributed by atoms with Gasteiger partial charge in [-0.2, -0.15) is 0 Å². The molecule has 0 aliphatic carbocycles. The van der Waals surface area contributed by atoms with Crippen molar-refractivity contribution in [3.8, 4) is 17.2 Å². The molecule has 0 atom stereocenters. The van der Waals surface area contributed by atoms with Crippen LogP contribution < -0.4 is 20.1 Å². The van der Waals surface area contributed by atoms with Gasteiger partial charge in [-0.1, -0.05) is 6.07 Å². The Morgan fingerprint density at radius 3 is 2.46 bits per heavy atom. The molecule has 1 aliphatic heterocycles. The van der Waals surface area contributed by atoms with Gasteiger partial charge in [0, 0.05) is 17.7 Å². The lowest BCUT2D eigenvalue weighted by Gasteiger charge is -2.21. The molecule has 2 N–H and O–H groups in total. The molecule has 0 aromatic heterocycles. The topological polar surface area (TPSA) is 59.6 Å². The number of benzene rings is 2. The zero-order valence-electron chi connectivity index (χ0n) is 13.7. The van der Waals surface area contributed by atoms with Crippen molar-refractivity contribution in [1.29, 1.82) is 0 Å². The number of amides is 1. The highest BCUT2D eigenvalue weighted by Crippen LogP contribution is 2.26. The maximum absolute atomic E-state index is 12.2. The van der Waals surface area contributed by atoms with Crippen LogP contribution in [0.5, 0.6) is 17.2 Å². The van der Waals surface area contributed by atoms with Crippen LogP contribution in [0.25, 0.3) is 0 Å². The fourth-order valence-corrected chi connectivity index (χ4v) is 2.74. The Balaban J connectivity index is 1.59. The highest BCUT2D eigenvalue weighted by atomic mass is 16.5. The molecule has 2 aromatic carbocycles. The Bertz CT molecular complexity index is 679. The molecule has 0 radical (unpaired) electrons. The summed E-state index contributed by atoms with van der Waals surface area (Å²) in [6.45, 7) is 1.82. The fraction of sp³-hybridized carbons (Fsp3) is 0.316. The molecule has 3 rings (SSSR count). The van der Waals surface area contributed by atoms with Gasteiger partial charge in [-0.05, 0) is 62.3 Å². The van der Waals surface area contributed by atoms with Crippen LogP contribution in [0.1, 0.15) is 12.8 Å². The molecular weight excluding hydrogens is 304 g/mol. The molecule has 0 bridgehead atoms. The second-order valence-corrected chi connectivity index (χ2v) is 5.82. The SMILES string of the molecule is COc1cccc(Oc2ccc(NC(=O)C3CCNCC3)cc2)c1. The van der Waals surface area contributed by atoms with Crippen LogP contribution in [-0.2, 0) is 4.79 Å². The zero-order chi connectivity index (χ0) is 16.8. The second-order valence-electron chi connectivity index (χ2n) is 5.82. The standard InChI is InChI=1S/C19H22N2O3/c1-23-17-3-2-4-18(13-17)24-16-7-5-15(6-8-16)21-19(22)14-9-11-20-12-10-14/h2-8,13-14,20H,9-12H2,1H3,(H,21,22). The summed E-state index contributed by atoms with van der Waals surface area (Å²) < 4.78 is 11.0.